The van der Waals surface area contributed by atoms with Crippen LogP contribution >= 0.6 is 0 Å². The number of hydrogen-bond donors (Lipinski definition) is 1. The predicted octanol–water partition coefficient (Wildman–Crippen LogP) is -0.776. The smallest absolute Gasteiger partial charge is 0.256 e. The summed E-state index contributed by atoms with van der Waals surface area (Å²) in [5, 5.41) is 3.18. The van der Waals surface area contributed by atoms with Crippen LogP contribution in [-0.2, 0) is 14.3 Å². The first kappa shape index (κ1) is 10.9. The summed E-state index contributed by atoms with van der Waals surface area (Å²) in [6.07, 6.45) is 0.764. The molecule has 1 unspecified atom stereocenters. The Hall–Kier alpha value is -0.650. The standard InChI is InChI=1S/C10H18N2O3/c1-14-10(2-3-11-8-10)9(13)12-4-6-15-7-5-12/h11H,2-8H2,1H3. The van der Waals surface area contributed by atoms with Crippen LogP contribution in [0, 0.1) is 0 Å². The van der Waals surface area contributed by atoms with E-state index in [1.165, 1.54) is 0 Å². The van der Waals surface area contributed by atoms with Crippen molar-refractivity contribution in [3.63, 3.8) is 0 Å². The minimum absolute atomic E-state index is 0.110. The molecular weight excluding hydrogens is 196 g/mol. The Kier molecular flexibility index (Phi) is 3.23. The molecule has 0 saturated carbocycles. The zero-order valence-electron chi connectivity index (χ0n) is 9.12. The van der Waals surface area contributed by atoms with Gasteiger partial charge in [0.15, 0.2) is 5.60 Å². The summed E-state index contributed by atoms with van der Waals surface area (Å²) in [7, 11) is 1.62. The van der Waals surface area contributed by atoms with Crippen molar-refractivity contribution in [1.82, 2.24) is 10.2 Å². The fourth-order valence-electron chi connectivity index (χ4n) is 2.17. The van der Waals surface area contributed by atoms with E-state index in [9.17, 15) is 4.79 Å². The SMILES string of the molecule is COC1(C(=O)N2CCOCC2)CCNC1. The Balaban J connectivity index is 2.03. The van der Waals surface area contributed by atoms with E-state index in [0.717, 1.165) is 13.0 Å². The molecule has 5 nitrogen and oxygen atoms in total. The number of methoxy groups -OCH3 is 1. The van der Waals surface area contributed by atoms with Crippen LogP contribution < -0.4 is 5.32 Å². The van der Waals surface area contributed by atoms with E-state index in [2.05, 4.69) is 5.32 Å². The van der Waals surface area contributed by atoms with Gasteiger partial charge in [0.05, 0.1) is 13.2 Å². The van der Waals surface area contributed by atoms with Crippen LogP contribution in [0.4, 0.5) is 0 Å². The monoisotopic (exact) mass is 214 g/mol. The quantitative estimate of drug-likeness (QED) is 0.655. The molecule has 0 aliphatic carbocycles. The first-order valence-electron chi connectivity index (χ1n) is 5.41. The first-order valence-corrected chi connectivity index (χ1v) is 5.41. The summed E-state index contributed by atoms with van der Waals surface area (Å²) < 4.78 is 10.6. The number of carbonyl (C=O) groups excluding carboxylic acids is 1. The van der Waals surface area contributed by atoms with Gasteiger partial charge in [-0.05, 0) is 13.0 Å². The van der Waals surface area contributed by atoms with Gasteiger partial charge in [0.2, 0.25) is 0 Å². The maximum Gasteiger partial charge on any atom is 0.256 e. The zero-order chi connectivity index (χ0) is 10.7. The molecule has 2 fully saturated rings. The summed E-state index contributed by atoms with van der Waals surface area (Å²) in [6.45, 7) is 4.12. The molecule has 86 valence electrons. The lowest BCUT2D eigenvalue weighted by Crippen LogP contribution is -2.54. The molecule has 0 aromatic carbocycles. The first-order chi connectivity index (χ1) is 7.28. The third-order valence-electron chi connectivity index (χ3n) is 3.19. The number of amides is 1. The molecule has 0 radical (unpaired) electrons. The number of carbonyl (C=O) groups is 1. The van der Waals surface area contributed by atoms with E-state index < -0.39 is 5.60 Å². The van der Waals surface area contributed by atoms with Gasteiger partial charge in [-0.2, -0.15) is 0 Å². The summed E-state index contributed by atoms with van der Waals surface area (Å²) >= 11 is 0. The Morgan fingerprint density at radius 2 is 2.20 bits per heavy atom. The molecule has 15 heavy (non-hydrogen) atoms. The van der Waals surface area contributed by atoms with Crippen molar-refractivity contribution in [1.29, 1.82) is 0 Å². The second-order valence-electron chi connectivity index (χ2n) is 4.03. The molecule has 2 heterocycles. The van der Waals surface area contributed by atoms with E-state index in [4.69, 9.17) is 9.47 Å². The summed E-state index contributed by atoms with van der Waals surface area (Å²) in [6, 6.07) is 0. The van der Waals surface area contributed by atoms with E-state index in [1.807, 2.05) is 4.90 Å². The van der Waals surface area contributed by atoms with Crippen molar-refractivity contribution in [2.24, 2.45) is 0 Å². The van der Waals surface area contributed by atoms with Gasteiger partial charge in [-0.25, -0.2) is 0 Å². The Bertz CT molecular complexity index is 233. The second kappa shape index (κ2) is 4.47. The largest absolute Gasteiger partial charge is 0.378 e. The maximum absolute atomic E-state index is 12.3. The normalized spacial score (nSPS) is 31.9. The van der Waals surface area contributed by atoms with E-state index in [-0.39, 0.29) is 5.91 Å². The lowest BCUT2D eigenvalue weighted by atomic mass is 10.0. The average Bonchev–Trinajstić information content (AvgIpc) is 2.79. The van der Waals surface area contributed by atoms with Crippen molar-refractivity contribution < 1.29 is 14.3 Å². The summed E-state index contributed by atoms with van der Waals surface area (Å²) in [5.74, 6) is 0.110. The molecule has 0 spiro atoms. The van der Waals surface area contributed by atoms with Gasteiger partial charge in [-0.1, -0.05) is 0 Å². The molecule has 2 aliphatic heterocycles. The van der Waals surface area contributed by atoms with Crippen LogP contribution in [0.25, 0.3) is 0 Å². The Labute approximate surface area is 89.7 Å². The molecule has 1 atom stereocenters. The van der Waals surface area contributed by atoms with Crippen molar-refractivity contribution in [3.05, 3.63) is 0 Å². The van der Waals surface area contributed by atoms with Crippen LogP contribution in [0.2, 0.25) is 0 Å². The van der Waals surface area contributed by atoms with Crippen molar-refractivity contribution in [3.8, 4) is 0 Å². The highest BCUT2D eigenvalue weighted by Crippen LogP contribution is 2.22. The van der Waals surface area contributed by atoms with Gasteiger partial charge in [0.25, 0.3) is 5.91 Å². The molecule has 0 bridgehead atoms. The fourth-order valence-corrected chi connectivity index (χ4v) is 2.17. The van der Waals surface area contributed by atoms with Crippen molar-refractivity contribution >= 4 is 5.91 Å². The van der Waals surface area contributed by atoms with Crippen LogP contribution in [0.15, 0.2) is 0 Å². The lowest BCUT2D eigenvalue weighted by Gasteiger charge is -2.34. The molecule has 2 rings (SSSR count). The van der Waals surface area contributed by atoms with E-state index in [0.29, 0.717) is 32.8 Å². The highest BCUT2D eigenvalue weighted by molar-refractivity contribution is 5.86. The topological polar surface area (TPSA) is 50.8 Å². The number of rotatable bonds is 2. The molecule has 0 aromatic heterocycles. The summed E-state index contributed by atoms with van der Waals surface area (Å²) in [4.78, 5) is 14.1. The molecule has 2 aliphatic rings. The third kappa shape index (κ3) is 2.00. The minimum atomic E-state index is -0.628. The molecule has 5 heteroatoms. The van der Waals surface area contributed by atoms with Gasteiger partial charge in [-0.3, -0.25) is 4.79 Å². The Morgan fingerprint density at radius 3 is 2.73 bits per heavy atom. The minimum Gasteiger partial charge on any atom is -0.378 e. The van der Waals surface area contributed by atoms with Crippen molar-refractivity contribution in [2.45, 2.75) is 12.0 Å². The number of morpholine rings is 1. The van der Waals surface area contributed by atoms with Crippen LogP contribution in [0.3, 0.4) is 0 Å². The fraction of sp³-hybridized carbons (Fsp3) is 0.900. The van der Waals surface area contributed by atoms with E-state index >= 15 is 0 Å². The number of hydrogen-bond acceptors (Lipinski definition) is 4. The van der Waals surface area contributed by atoms with Crippen molar-refractivity contribution in [2.75, 3.05) is 46.5 Å². The highest BCUT2D eigenvalue weighted by atomic mass is 16.5. The van der Waals surface area contributed by atoms with Crippen LogP contribution in [-0.4, -0.2) is 62.9 Å². The van der Waals surface area contributed by atoms with Gasteiger partial charge in [-0.15, -0.1) is 0 Å². The maximum atomic E-state index is 12.3. The van der Waals surface area contributed by atoms with Crippen LogP contribution in [0.1, 0.15) is 6.42 Å². The molecule has 2 saturated heterocycles. The van der Waals surface area contributed by atoms with Gasteiger partial charge in [0, 0.05) is 26.7 Å². The van der Waals surface area contributed by atoms with Gasteiger partial charge < -0.3 is 19.7 Å². The Morgan fingerprint density at radius 1 is 1.47 bits per heavy atom. The number of ether oxygens (including phenoxy) is 2. The lowest BCUT2D eigenvalue weighted by molar-refractivity contribution is -0.156. The van der Waals surface area contributed by atoms with E-state index in [1.54, 1.807) is 7.11 Å². The molecular formula is C10H18N2O3. The van der Waals surface area contributed by atoms with Gasteiger partial charge >= 0.3 is 0 Å². The third-order valence-corrected chi connectivity index (χ3v) is 3.19. The molecule has 0 aromatic rings. The van der Waals surface area contributed by atoms with Gasteiger partial charge in [0.1, 0.15) is 0 Å². The summed E-state index contributed by atoms with van der Waals surface area (Å²) in [5.41, 5.74) is -0.628. The zero-order valence-corrected chi connectivity index (χ0v) is 9.12. The molecule has 1 N–H and O–H groups in total. The average molecular weight is 214 g/mol. The predicted molar refractivity (Wildman–Crippen MR) is 54.6 cm³/mol. The molecule has 1 amide bonds. The second-order valence-corrected chi connectivity index (χ2v) is 4.03. The van der Waals surface area contributed by atoms with Crippen LogP contribution in [0.5, 0.6) is 0 Å². The highest BCUT2D eigenvalue weighted by Gasteiger charge is 2.44. The number of nitrogens with zero attached hydrogens (tertiary/aromatic N) is 1. The number of nitrogens with one attached hydrogen (secondary N) is 1.